The SMILES string of the molecule is Cc1cccc(N2CCN(C(=O)NCC(C)(C)c3ccccc3)CC2)c1C. The first kappa shape index (κ1) is 19.3. The molecule has 27 heavy (non-hydrogen) atoms. The fraction of sp³-hybridized carbons (Fsp3) is 0.435. The molecule has 0 saturated carbocycles. The quantitative estimate of drug-likeness (QED) is 0.885. The number of nitrogens with zero attached hydrogens (tertiary/aromatic N) is 2. The maximum absolute atomic E-state index is 12.6. The van der Waals surface area contributed by atoms with Crippen LogP contribution in [0.2, 0.25) is 0 Å². The van der Waals surface area contributed by atoms with E-state index in [9.17, 15) is 4.79 Å². The van der Waals surface area contributed by atoms with Crippen molar-refractivity contribution >= 4 is 11.7 Å². The first-order valence-electron chi connectivity index (χ1n) is 9.78. The third-order valence-corrected chi connectivity index (χ3v) is 5.72. The van der Waals surface area contributed by atoms with Crippen LogP contribution >= 0.6 is 0 Å². The van der Waals surface area contributed by atoms with Gasteiger partial charge in [0.2, 0.25) is 0 Å². The van der Waals surface area contributed by atoms with Gasteiger partial charge in [0.1, 0.15) is 0 Å². The minimum absolute atomic E-state index is 0.0413. The van der Waals surface area contributed by atoms with Gasteiger partial charge in [0.05, 0.1) is 0 Å². The number of carbonyl (C=O) groups is 1. The molecule has 0 unspecified atom stereocenters. The Balaban J connectivity index is 1.54. The fourth-order valence-electron chi connectivity index (χ4n) is 3.63. The number of aryl methyl sites for hydroxylation is 1. The molecule has 2 amide bonds. The van der Waals surface area contributed by atoms with Crippen LogP contribution in [0.15, 0.2) is 48.5 Å². The Morgan fingerprint density at radius 1 is 0.963 bits per heavy atom. The van der Waals surface area contributed by atoms with Crippen molar-refractivity contribution in [3.63, 3.8) is 0 Å². The molecule has 0 aromatic heterocycles. The number of anilines is 1. The Hall–Kier alpha value is -2.49. The van der Waals surface area contributed by atoms with Gasteiger partial charge in [-0.25, -0.2) is 4.79 Å². The second-order valence-corrected chi connectivity index (χ2v) is 8.10. The van der Waals surface area contributed by atoms with E-state index in [0.717, 1.165) is 26.2 Å². The lowest BCUT2D eigenvalue weighted by Gasteiger charge is -2.37. The molecule has 1 saturated heterocycles. The fourth-order valence-corrected chi connectivity index (χ4v) is 3.63. The van der Waals surface area contributed by atoms with Gasteiger partial charge in [-0.1, -0.05) is 56.3 Å². The molecule has 2 aromatic carbocycles. The van der Waals surface area contributed by atoms with Crippen LogP contribution < -0.4 is 10.2 Å². The maximum atomic E-state index is 12.6. The van der Waals surface area contributed by atoms with Gasteiger partial charge in [-0.3, -0.25) is 0 Å². The second-order valence-electron chi connectivity index (χ2n) is 8.10. The van der Waals surface area contributed by atoms with E-state index in [0.29, 0.717) is 6.54 Å². The van der Waals surface area contributed by atoms with E-state index in [1.165, 1.54) is 22.4 Å². The minimum atomic E-state index is -0.0859. The van der Waals surface area contributed by atoms with Gasteiger partial charge in [0.25, 0.3) is 0 Å². The highest BCUT2D eigenvalue weighted by Gasteiger charge is 2.25. The predicted octanol–water partition coefficient (Wildman–Crippen LogP) is 4.11. The molecule has 4 nitrogen and oxygen atoms in total. The number of benzene rings is 2. The highest BCUT2D eigenvalue weighted by Crippen LogP contribution is 2.24. The summed E-state index contributed by atoms with van der Waals surface area (Å²) < 4.78 is 0. The van der Waals surface area contributed by atoms with Crippen LogP contribution in [0, 0.1) is 13.8 Å². The van der Waals surface area contributed by atoms with Crippen molar-refractivity contribution in [2.24, 2.45) is 0 Å². The molecule has 0 aliphatic carbocycles. The van der Waals surface area contributed by atoms with Crippen LogP contribution in [-0.2, 0) is 5.41 Å². The van der Waals surface area contributed by atoms with Crippen molar-refractivity contribution in [2.45, 2.75) is 33.1 Å². The number of nitrogens with one attached hydrogen (secondary N) is 1. The highest BCUT2D eigenvalue weighted by atomic mass is 16.2. The number of hydrogen-bond acceptors (Lipinski definition) is 2. The normalized spacial score (nSPS) is 15.0. The van der Waals surface area contributed by atoms with Gasteiger partial charge in [-0.2, -0.15) is 0 Å². The summed E-state index contributed by atoms with van der Waals surface area (Å²) in [5.41, 5.74) is 5.10. The lowest BCUT2D eigenvalue weighted by molar-refractivity contribution is 0.192. The van der Waals surface area contributed by atoms with Gasteiger partial charge in [0.15, 0.2) is 0 Å². The molecule has 1 aliphatic heterocycles. The van der Waals surface area contributed by atoms with E-state index in [4.69, 9.17) is 0 Å². The predicted molar refractivity (Wildman–Crippen MR) is 113 cm³/mol. The second kappa shape index (κ2) is 8.03. The van der Waals surface area contributed by atoms with E-state index in [2.05, 4.69) is 68.2 Å². The average molecular weight is 366 g/mol. The molecule has 144 valence electrons. The minimum Gasteiger partial charge on any atom is -0.368 e. The Morgan fingerprint density at radius 2 is 1.63 bits per heavy atom. The molecule has 0 bridgehead atoms. The average Bonchev–Trinajstić information content (AvgIpc) is 2.69. The van der Waals surface area contributed by atoms with Crippen molar-refractivity contribution in [3.8, 4) is 0 Å². The van der Waals surface area contributed by atoms with Crippen molar-refractivity contribution in [3.05, 3.63) is 65.2 Å². The van der Waals surface area contributed by atoms with Crippen LogP contribution in [-0.4, -0.2) is 43.7 Å². The number of piperazine rings is 1. The summed E-state index contributed by atoms with van der Waals surface area (Å²) in [6.07, 6.45) is 0. The summed E-state index contributed by atoms with van der Waals surface area (Å²) in [4.78, 5) is 17.0. The molecule has 1 aliphatic rings. The van der Waals surface area contributed by atoms with Crippen LogP contribution in [0.5, 0.6) is 0 Å². The number of hydrogen-bond donors (Lipinski definition) is 1. The Kier molecular flexibility index (Phi) is 5.73. The molecule has 1 fully saturated rings. The Bertz CT molecular complexity index is 777. The molecular weight excluding hydrogens is 334 g/mol. The third kappa shape index (κ3) is 4.44. The molecule has 2 aromatic rings. The van der Waals surface area contributed by atoms with Gasteiger partial charge >= 0.3 is 6.03 Å². The molecule has 3 rings (SSSR count). The first-order chi connectivity index (χ1) is 12.9. The summed E-state index contributed by atoms with van der Waals surface area (Å²) in [7, 11) is 0. The third-order valence-electron chi connectivity index (χ3n) is 5.72. The van der Waals surface area contributed by atoms with Crippen LogP contribution in [0.25, 0.3) is 0 Å². The summed E-state index contributed by atoms with van der Waals surface area (Å²) in [6, 6.07) is 16.8. The summed E-state index contributed by atoms with van der Waals surface area (Å²) in [5.74, 6) is 0. The first-order valence-corrected chi connectivity index (χ1v) is 9.78. The zero-order valence-electron chi connectivity index (χ0n) is 17.0. The number of amides is 2. The van der Waals surface area contributed by atoms with Gasteiger partial charge in [-0.05, 0) is 36.6 Å². The van der Waals surface area contributed by atoms with Gasteiger partial charge in [-0.15, -0.1) is 0 Å². The lowest BCUT2D eigenvalue weighted by Crippen LogP contribution is -2.53. The molecule has 4 heteroatoms. The monoisotopic (exact) mass is 365 g/mol. The highest BCUT2D eigenvalue weighted by molar-refractivity contribution is 5.74. The van der Waals surface area contributed by atoms with E-state index in [1.807, 2.05) is 23.1 Å². The molecule has 0 radical (unpaired) electrons. The summed E-state index contributed by atoms with van der Waals surface area (Å²) in [5, 5.41) is 3.13. The molecular formula is C23H31N3O. The zero-order chi connectivity index (χ0) is 19.4. The van der Waals surface area contributed by atoms with Gasteiger partial charge in [0, 0.05) is 43.8 Å². The van der Waals surface area contributed by atoms with Crippen LogP contribution in [0.4, 0.5) is 10.5 Å². The molecule has 0 atom stereocenters. The van der Waals surface area contributed by atoms with E-state index in [-0.39, 0.29) is 11.4 Å². The van der Waals surface area contributed by atoms with E-state index < -0.39 is 0 Å². The summed E-state index contributed by atoms with van der Waals surface area (Å²) >= 11 is 0. The van der Waals surface area contributed by atoms with Crippen molar-refractivity contribution in [2.75, 3.05) is 37.6 Å². The number of rotatable bonds is 4. The number of carbonyl (C=O) groups excluding carboxylic acids is 1. The zero-order valence-corrected chi connectivity index (χ0v) is 17.0. The Labute approximate surface area is 163 Å². The topological polar surface area (TPSA) is 35.6 Å². The largest absolute Gasteiger partial charge is 0.368 e. The smallest absolute Gasteiger partial charge is 0.317 e. The van der Waals surface area contributed by atoms with Crippen molar-refractivity contribution in [1.29, 1.82) is 0 Å². The lowest BCUT2D eigenvalue weighted by atomic mass is 9.85. The Morgan fingerprint density at radius 3 is 2.30 bits per heavy atom. The maximum Gasteiger partial charge on any atom is 0.317 e. The van der Waals surface area contributed by atoms with Crippen LogP contribution in [0.1, 0.15) is 30.5 Å². The standard InChI is InChI=1S/C23H31N3O/c1-18-9-8-12-21(19(18)2)25-13-15-26(16-14-25)22(27)24-17-23(3,4)20-10-6-5-7-11-20/h5-12H,13-17H2,1-4H3,(H,24,27). The van der Waals surface area contributed by atoms with E-state index >= 15 is 0 Å². The van der Waals surface area contributed by atoms with Crippen LogP contribution in [0.3, 0.4) is 0 Å². The molecule has 1 N–H and O–H groups in total. The van der Waals surface area contributed by atoms with Gasteiger partial charge < -0.3 is 15.1 Å². The summed E-state index contributed by atoms with van der Waals surface area (Å²) in [6.45, 7) is 12.6. The molecule has 1 heterocycles. The van der Waals surface area contributed by atoms with E-state index in [1.54, 1.807) is 0 Å². The van der Waals surface area contributed by atoms with Crippen molar-refractivity contribution < 1.29 is 4.79 Å². The van der Waals surface area contributed by atoms with Crippen molar-refractivity contribution in [1.82, 2.24) is 10.2 Å². The molecule has 0 spiro atoms. The number of urea groups is 1.